The van der Waals surface area contributed by atoms with Crippen LogP contribution < -0.4 is 16.2 Å². The van der Waals surface area contributed by atoms with Crippen LogP contribution in [0, 0.1) is 5.92 Å². The minimum absolute atomic E-state index is 0.384. The second-order valence-corrected chi connectivity index (χ2v) is 5.54. The van der Waals surface area contributed by atoms with Gasteiger partial charge in [0.25, 0.3) is 0 Å². The van der Waals surface area contributed by atoms with E-state index in [0.717, 1.165) is 25.5 Å². The predicted molar refractivity (Wildman–Crippen MR) is 78.3 cm³/mol. The molecular weight excluding hydrogens is 264 g/mol. The van der Waals surface area contributed by atoms with Crippen molar-refractivity contribution in [2.75, 3.05) is 44.1 Å². The second-order valence-electron chi connectivity index (χ2n) is 5.14. The molecular formula is C12H21ClN6. The van der Waals surface area contributed by atoms with Crippen LogP contribution in [0.25, 0.3) is 0 Å². The van der Waals surface area contributed by atoms with E-state index in [9.17, 15) is 0 Å². The third kappa shape index (κ3) is 3.68. The van der Waals surface area contributed by atoms with Crippen molar-refractivity contribution in [3.05, 3.63) is 11.2 Å². The smallest absolute Gasteiger partial charge is 0.239 e. The lowest BCUT2D eigenvalue weighted by Crippen LogP contribution is -2.36. The van der Waals surface area contributed by atoms with E-state index in [1.165, 1.54) is 12.8 Å². The van der Waals surface area contributed by atoms with E-state index in [1.54, 1.807) is 6.20 Å². The zero-order chi connectivity index (χ0) is 13.8. The van der Waals surface area contributed by atoms with Gasteiger partial charge in [-0.25, -0.2) is 10.8 Å². The summed E-state index contributed by atoms with van der Waals surface area (Å²) in [6.45, 7) is 3.27. The number of nitrogen functional groups attached to an aromatic ring is 1. The molecule has 1 aromatic heterocycles. The summed E-state index contributed by atoms with van der Waals surface area (Å²) in [5, 5.41) is 0.550. The molecule has 1 aliphatic heterocycles. The van der Waals surface area contributed by atoms with Crippen LogP contribution in [0.4, 0.5) is 11.8 Å². The summed E-state index contributed by atoms with van der Waals surface area (Å²) in [6.07, 6.45) is 4.00. The number of nitrogens with one attached hydrogen (secondary N) is 1. The predicted octanol–water partition coefficient (Wildman–Crippen LogP) is 1.19. The molecule has 6 nitrogen and oxygen atoms in total. The fourth-order valence-corrected chi connectivity index (χ4v) is 2.65. The van der Waals surface area contributed by atoms with Crippen LogP contribution in [0.1, 0.15) is 12.8 Å². The van der Waals surface area contributed by atoms with Crippen molar-refractivity contribution in [2.45, 2.75) is 12.8 Å². The Kier molecular flexibility index (Phi) is 4.79. The van der Waals surface area contributed by atoms with Gasteiger partial charge in [-0.3, -0.25) is 5.43 Å². The Balaban J connectivity index is 2.01. The third-order valence-electron chi connectivity index (χ3n) is 3.59. The number of nitrogens with zero attached hydrogens (tertiary/aromatic N) is 4. The second kappa shape index (κ2) is 6.36. The van der Waals surface area contributed by atoms with E-state index in [1.807, 2.05) is 7.05 Å². The zero-order valence-electron chi connectivity index (χ0n) is 11.4. The van der Waals surface area contributed by atoms with Gasteiger partial charge in [-0.15, -0.1) is 0 Å². The first-order valence-electron chi connectivity index (χ1n) is 6.49. The standard InChI is InChI=1S/C12H21ClN6/c1-18-5-3-9(4-6-18)8-19(2)11-10(13)7-15-12(16-11)17-14/h7,9H,3-6,8,14H2,1-2H3,(H,15,16,17). The lowest BCUT2D eigenvalue weighted by atomic mass is 9.97. The summed E-state index contributed by atoms with van der Waals surface area (Å²) in [4.78, 5) is 12.7. The molecule has 3 N–H and O–H groups in total. The quantitative estimate of drug-likeness (QED) is 0.639. The maximum absolute atomic E-state index is 6.15. The Hall–Kier alpha value is -1.11. The third-order valence-corrected chi connectivity index (χ3v) is 3.85. The number of aromatic nitrogens is 2. The van der Waals surface area contributed by atoms with Gasteiger partial charge in [0.1, 0.15) is 5.02 Å². The molecule has 1 saturated heterocycles. The number of anilines is 2. The fourth-order valence-electron chi connectivity index (χ4n) is 2.41. The van der Waals surface area contributed by atoms with Gasteiger partial charge in [-0.05, 0) is 38.9 Å². The monoisotopic (exact) mass is 284 g/mol. The van der Waals surface area contributed by atoms with Crippen molar-refractivity contribution in [2.24, 2.45) is 11.8 Å². The average Bonchev–Trinajstić information content (AvgIpc) is 2.42. The van der Waals surface area contributed by atoms with Gasteiger partial charge < -0.3 is 9.80 Å². The minimum Gasteiger partial charge on any atom is -0.358 e. The fraction of sp³-hybridized carbons (Fsp3) is 0.667. The molecule has 0 radical (unpaired) electrons. The number of halogens is 1. The number of piperidine rings is 1. The normalized spacial score (nSPS) is 17.5. The molecule has 2 rings (SSSR count). The van der Waals surface area contributed by atoms with E-state index in [0.29, 0.717) is 16.9 Å². The van der Waals surface area contributed by atoms with Crippen LogP contribution in [0.2, 0.25) is 5.02 Å². The molecule has 0 bridgehead atoms. The maximum atomic E-state index is 6.15. The number of likely N-dealkylation sites (tertiary alicyclic amines) is 1. The van der Waals surface area contributed by atoms with Gasteiger partial charge in [0.05, 0.1) is 6.20 Å². The zero-order valence-corrected chi connectivity index (χ0v) is 12.2. The lowest BCUT2D eigenvalue weighted by Gasteiger charge is -2.32. The molecule has 1 aliphatic rings. The summed E-state index contributed by atoms with van der Waals surface area (Å²) in [7, 11) is 4.17. The summed E-state index contributed by atoms with van der Waals surface area (Å²) < 4.78 is 0. The molecule has 1 aromatic rings. The van der Waals surface area contributed by atoms with Crippen LogP contribution in [0.15, 0.2) is 6.20 Å². The van der Waals surface area contributed by atoms with E-state index in [-0.39, 0.29) is 0 Å². The average molecular weight is 285 g/mol. The first-order valence-corrected chi connectivity index (χ1v) is 6.86. The Bertz CT molecular complexity index is 419. The van der Waals surface area contributed by atoms with Crippen molar-refractivity contribution in [1.29, 1.82) is 0 Å². The highest BCUT2D eigenvalue weighted by atomic mass is 35.5. The maximum Gasteiger partial charge on any atom is 0.239 e. The Labute approximate surface area is 118 Å². The molecule has 19 heavy (non-hydrogen) atoms. The summed E-state index contributed by atoms with van der Waals surface area (Å²) in [6, 6.07) is 0. The number of rotatable bonds is 4. The number of hydrogen-bond acceptors (Lipinski definition) is 6. The topological polar surface area (TPSA) is 70.3 Å². The largest absolute Gasteiger partial charge is 0.358 e. The van der Waals surface area contributed by atoms with E-state index in [4.69, 9.17) is 17.4 Å². The van der Waals surface area contributed by atoms with Crippen molar-refractivity contribution in [1.82, 2.24) is 14.9 Å². The Morgan fingerprint density at radius 2 is 2.21 bits per heavy atom. The van der Waals surface area contributed by atoms with Crippen molar-refractivity contribution >= 4 is 23.4 Å². The van der Waals surface area contributed by atoms with Gasteiger partial charge in [-0.1, -0.05) is 11.6 Å². The van der Waals surface area contributed by atoms with Gasteiger partial charge in [0.15, 0.2) is 5.82 Å². The highest BCUT2D eigenvalue weighted by molar-refractivity contribution is 6.32. The van der Waals surface area contributed by atoms with Crippen LogP contribution in [0.3, 0.4) is 0 Å². The van der Waals surface area contributed by atoms with Gasteiger partial charge >= 0.3 is 0 Å². The van der Waals surface area contributed by atoms with Crippen molar-refractivity contribution in [3.8, 4) is 0 Å². The molecule has 0 aromatic carbocycles. The number of hydrazine groups is 1. The van der Waals surface area contributed by atoms with Gasteiger partial charge in [-0.2, -0.15) is 4.98 Å². The van der Waals surface area contributed by atoms with Crippen LogP contribution >= 0.6 is 11.6 Å². The molecule has 2 heterocycles. The summed E-state index contributed by atoms with van der Waals surface area (Å²) in [5.74, 6) is 7.12. The Morgan fingerprint density at radius 3 is 2.84 bits per heavy atom. The van der Waals surface area contributed by atoms with Crippen molar-refractivity contribution < 1.29 is 0 Å². The molecule has 0 spiro atoms. The molecule has 0 saturated carbocycles. The molecule has 0 unspecified atom stereocenters. The number of hydrogen-bond donors (Lipinski definition) is 2. The lowest BCUT2D eigenvalue weighted by molar-refractivity contribution is 0.222. The Morgan fingerprint density at radius 1 is 1.53 bits per heavy atom. The SMILES string of the molecule is CN1CCC(CN(C)c2nc(NN)ncc2Cl)CC1. The highest BCUT2D eigenvalue weighted by Crippen LogP contribution is 2.25. The van der Waals surface area contributed by atoms with Crippen LogP contribution in [-0.2, 0) is 0 Å². The first kappa shape index (κ1) is 14.3. The summed E-state index contributed by atoms with van der Waals surface area (Å²) in [5.41, 5.74) is 2.44. The van der Waals surface area contributed by atoms with Gasteiger partial charge in [0.2, 0.25) is 5.95 Å². The van der Waals surface area contributed by atoms with Crippen molar-refractivity contribution in [3.63, 3.8) is 0 Å². The summed E-state index contributed by atoms with van der Waals surface area (Å²) >= 11 is 6.15. The molecule has 0 atom stereocenters. The van der Waals surface area contributed by atoms with Crippen LogP contribution in [0.5, 0.6) is 0 Å². The number of nitrogens with two attached hydrogens (primary N) is 1. The van der Waals surface area contributed by atoms with E-state index in [2.05, 4.69) is 32.2 Å². The van der Waals surface area contributed by atoms with E-state index >= 15 is 0 Å². The van der Waals surface area contributed by atoms with Crippen LogP contribution in [-0.4, -0.2) is 48.6 Å². The first-order chi connectivity index (χ1) is 9.10. The molecule has 0 amide bonds. The highest BCUT2D eigenvalue weighted by Gasteiger charge is 2.20. The molecule has 7 heteroatoms. The molecule has 106 valence electrons. The van der Waals surface area contributed by atoms with Gasteiger partial charge in [0, 0.05) is 13.6 Å². The molecule has 0 aliphatic carbocycles. The van der Waals surface area contributed by atoms with E-state index < -0.39 is 0 Å². The molecule has 1 fully saturated rings. The minimum atomic E-state index is 0.384.